The standard InChI is InChI=1S/C23H14F5N5/c24-11-12-9-10-15-19(18(12)25)32-33-22(15)31-21-14-6-2-4-8-17(14)29-20(30-21)13-5-1-3-7-16(13)23(26,27)28/h1-10H,11H2,(H2,29,30,31,32,33). The second kappa shape index (κ2) is 7.80. The van der Waals surface area contributed by atoms with E-state index in [9.17, 15) is 22.0 Å². The average Bonchev–Trinajstić information content (AvgIpc) is 3.22. The van der Waals surface area contributed by atoms with Crippen LogP contribution in [0, 0.1) is 5.82 Å². The molecule has 0 aliphatic heterocycles. The highest BCUT2D eigenvalue weighted by Gasteiger charge is 2.34. The Bertz CT molecular complexity index is 1490. The lowest BCUT2D eigenvalue weighted by Gasteiger charge is -2.14. The molecular weight excluding hydrogens is 441 g/mol. The number of hydrogen-bond donors (Lipinski definition) is 2. The number of aromatic nitrogens is 4. The van der Waals surface area contributed by atoms with Gasteiger partial charge >= 0.3 is 6.18 Å². The Balaban J connectivity index is 1.68. The number of nitrogens with one attached hydrogen (secondary N) is 2. The Morgan fingerprint density at radius 1 is 0.848 bits per heavy atom. The van der Waals surface area contributed by atoms with E-state index in [1.54, 1.807) is 24.3 Å². The highest BCUT2D eigenvalue weighted by molar-refractivity contribution is 5.97. The fourth-order valence-corrected chi connectivity index (χ4v) is 3.63. The van der Waals surface area contributed by atoms with E-state index in [0.717, 1.165) is 6.07 Å². The van der Waals surface area contributed by atoms with Crippen LogP contribution in [0.1, 0.15) is 11.1 Å². The van der Waals surface area contributed by atoms with Crippen LogP contribution in [0.5, 0.6) is 0 Å². The van der Waals surface area contributed by atoms with E-state index in [1.165, 1.54) is 30.3 Å². The maximum absolute atomic E-state index is 14.4. The van der Waals surface area contributed by atoms with Crippen LogP contribution in [0.4, 0.5) is 33.6 Å². The van der Waals surface area contributed by atoms with Crippen molar-refractivity contribution < 1.29 is 22.0 Å². The Morgan fingerprint density at radius 3 is 2.39 bits per heavy atom. The molecule has 5 rings (SSSR count). The van der Waals surface area contributed by atoms with Gasteiger partial charge in [-0.2, -0.15) is 18.3 Å². The second-order valence-electron chi connectivity index (χ2n) is 7.25. The van der Waals surface area contributed by atoms with Crippen molar-refractivity contribution in [1.82, 2.24) is 20.2 Å². The van der Waals surface area contributed by atoms with Crippen molar-refractivity contribution in [2.24, 2.45) is 0 Å². The van der Waals surface area contributed by atoms with Crippen molar-refractivity contribution in [2.75, 3.05) is 5.32 Å². The summed E-state index contributed by atoms with van der Waals surface area (Å²) in [6.45, 7) is -0.970. The van der Waals surface area contributed by atoms with Crippen molar-refractivity contribution in [3.63, 3.8) is 0 Å². The number of anilines is 2. The van der Waals surface area contributed by atoms with Gasteiger partial charge in [0.05, 0.1) is 11.1 Å². The van der Waals surface area contributed by atoms with Gasteiger partial charge in [0, 0.05) is 21.9 Å². The summed E-state index contributed by atoms with van der Waals surface area (Å²) in [5, 5.41) is 10.4. The molecule has 0 aliphatic rings. The van der Waals surface area contributed by atoms with Gasteiger partial charge in [-0.1, -0.05) is 36.4 Å². The predicted molar refractivity (Wildman–Crippen MR) is 114 cm³/mol. The van der Waals surface area contributed by atoms with Gasteiger partial charge in [-0.3, -0.25) is 5.10 Å². The Labute approximate surface area is 183 Å². The third-order valence-electron chi connectivity index (χ3n) is 5.21. The van der Waals surface area contributed by atoms with Crippen LogP contribution in [0.15, 0.2) is 60.7 Å². The molecule has 33 heavy (non-hydrogen) atoms. The first-order valence-corrected chi connectivity index (χ1v) is 9.78. The zero-order chi connectivity index (χ0) is 23.2. The molecule has 10 heteroatoms. The summed E-state index contributed by atoms with van der Waals surface area (Å²) in [5.41, 5.74) is -0.737. The molecule has 0 fully saturated rings. The molecule has 166 valence electrons. The Morgan fingerprint density at radius 2 is 1.61 bits per heavy atom. The van der Waals surface area contributed by atoms with Gasteiger partial charge in [0.15, 0.2) is 17.5 Å². The van der Waals surface area contributed by atoms with Crippen molar-refractivity contribution in [3.05, 3.63) is 77.6 Å². The molecule has 5 aromatic rings. The molecule has 2 aromatic heterocycles. The lowest BCUT2D eigenvalue weighted by molar-refractivity contribution is -0.137. The first kappa shape index (κ1) is 20.8. The van der Waals surface area contributed by atoms with Crippen LogP contribution in [-0.4, -0.2) is 20.2 Å². The molecule has 0 amide bonds. The molecule has 0 saturated heterocycles. The van der Waals surface area contributed by atoms with E-state index in [0.29, 0.717) is 16.3 Å². The second-order valence-corrected chi connectivity index (χ2v) is 7.25. The summed E-state index contributed by atoms with van der Waals surface area (Å²) < 4.78 is 68.2. The van der Waals surface area contributed by atoms with E-state index in [1.807, 2.05) is 0 Å². The fourth-order valence-electron chi connectivity index (χ4n) is 3.63. The normalized spacial score (nSPS) is 11.9. The molecule has 0 saturated carbocycles. The molecule has 0 atom stereocenters. The van der Waals surface area contributed by atoms with Gasteiger partial charge in [0.2, 0.25) is 0 Å². The minimum Gasteiger partial charge on any atom is -0.322 e. The molecule has 2 heterocycles. The van der Waals surface area contributed by atoms with Crippen molar-refractivity contribution in [1.29, 1.82) is 0 Å². The molecule has 3 aromatic carbocycles. The van der Waals surface area contributed by atoms with Crippen LogP contribution >= 0.6 is 0 Å². The van der Waals surface area contributed by atoms with E-state index >= 15 is 0 Å². The molecule has 2 N–H and O–H groups in total. The van der Waals surface area contributed by atoms with Crippen LogP contribution in [0.25, 0.3) is 33.2 Å². The zero-order valence-corrected chi connectivity index (χ0v) is 16.7. The van der Waals surface area contributed by atoms with Crippen LogP contribution in [0.2, 0.25) is 0 Å². The number of para-hydroxylation sites is 1. The summed E-state index contributed by atoms with van der Waals surface area (Å²) >= 11 is 0. The van der Waals surface area contributed by atoms with E-state index in [2.05, 4.69) is 25.5 Å². The summed E-state index contributed by atoms with van der Waals surface area (Å²) in [6.07, 6.45) is -4.59. The van der Waals surface area contributed by atoms with Crippen LogP contribution in [0.3, 0.4) is 0 Å². The molecule has 0 unspecified atom stereocenters. The van der Waals surface area contributed by atoms with E-state index < -0.39 is 24.2 Å². The summed E-state index contributed by atoms with van der Waals surface area (Å²) in [4.78, 5) is 8.68. The third kappa shape index (κ3) is 3.63. The van der Waals surface area contributed by atoms with Crippen molar-refractivity contribution in [2.45, 2.75) is 12.9 Å². The molecule has 0 spiro atoms. The molecule has 0 radical (unpaired) electrons. The number of nitrogens with zero attached hydrogens (tertiary/aromatic N) is 3. The largest absolute Gasteiger partial charge is 0.417 e. The van der Waals surface area contributed by atoms with Gasteiger partial charge in [-0.05, 0) is 24.3 Å². The minimum absolute atomic E-state index is 0.00801. The minimum atomic E-state index is -4.59. The first-order chi connectivity index (χ1) is 15.9. The van der Waals surface area contributed by atoms with Gasteiger partial charge in [-0.25, -0.2) is 18.7 Å². The maximum Gasteiger partial charge on any atom is 0.417 e. The molecule has 0 bridgehead atoms. The monoisotopic (exact) mass is 455 g/mol. The quantitative estimate of drug-likeness (QED) is 0.302. The fraction of sp³-hybridized carbons (Fsp3) is 0.0870. The average molecular weight is 455 g/mol. The first-order valence-electron chi connectivity index (χ1n) is 9.78. The number of alkyl halides is 4. The number of H-pyrrole nitrogens is 1. The highest BCUT2D eigenvalue weighted by atomic mass is 19.4. The van der Waals surface area contributed by atoms with Crippen LogP contribution < -0.4 is 5.32 Å². The lowest BCUT2D eigenvalue weighted by atomic mass is 10.1. The van der Waals surface area contributed by atoms with Gasteiger partial charge in [-0.15, -0.1) is 0 Å². The molecule has 5 nitrogen and oxygen atoms in total. The highest BCUT2D eigenvalue weighted by Crippen LogP contribution is 2.37. The smallest absolute Gasteiger partial charge is 0.322 e. The maximum atomic E-state index is 14.4. The summed E-state index contributed by atoms with van der Waals surface area (Å²) in [7, 11) is 0. The third-order valence-corrected chi connectivity index (χ3v) is 5.21. The predicted octanol–water partition coefficient (Wildman–Crippen LogP) is 6.54. The molecular formula is C23H14F5N5. The van der Waals surface area contributed by atoms with Gasteiger partial charge < -0.3 is 5.32 Å². The number of hydrogen-bond acceptors (Lipinski definition) is 4. The number of aromatic amines is 1. The van der Waals surface area contributed by atoms with Gasteiger partial charge in [0.25, 0.3) is 0 Å². The number of halogens is 5. The number of rotatable bonds is 4. The Kier molecular flexibility index (Phi) is 4.92. The Hall–Kier alpha value is -4.08. The van der Waals surface area contributed by atoms with Gasteiger partial charge in [0.1, 0.15) is 18.0 Å². The van der Waals surface area contributed by atoms with Crippen molar-refractivity contribution in [3.8, 4) is 11.4 Å². The van der Waals surface area contributed by atoms with Crippen molar-refractivity contribution >= 4 is 33.4 Å². The SMILES string of the molecule is FCc1ccc2c(Nc3nc(-c4ccccc4C(F)(F)F)nc4ccccc34)n[nH]c2c1F. The van der Waals surface area contributed by atoms with E-state index in [4.69, 9.17) is 0 Å². The topological polar surface area (TPSA) is 66.5 Å². The zero-order valence-electron chi connectivity index (χ0n) is 16.7. The van der Waals surface area contributed by atoms with E-state index in [-0.39, 0.29) is 34.1 Å². The number of fused-ring (bicyclic) bond motifs is 2. The van der Waals surface area contributed by atoms with Crippen LogP contribution in [-0.2, 0) is 12.9 Å². The lowest BCUT2D eigenvalue weighted by Crippen LogP contribution is -2.08. The summed E-state index contributed by atoms with van der Waals surface area (Å²) in [5.74, 6) is -0.512. The summed E-state index contributed by atoms with van der Waals surface area (Å²) in [6, 6.07) is 14.6. The number of benzene rings is 3. The molecule has 0 aliphatic carbocycles.